The Bertz CT molecular complexity index is 326. The maximum absolute atomic E-state index is 6.16. The molecular weight excluding hydrogens is 188 g/mol. The summed E-state index contributed by atoms with van der Waals surface area (Å²) in [6, 6.07) is 2.26. The van der Waals surface area contributed by atoms with Crippen LogP contribution in [-0.4, -0.2) is 29.1 Å². The maximum atomic E-state index is 6.16. The van der Waals surface area contributed by atoms with Crippen LogP contribution in [0.25, 0.3) is 0 Å². The first-order chi connectivity index (χ1) is 7.34. The van der Waals surface area contributed by atoms with Crippen molar-refractivity contribution in [2.45, 2.75) is 18.9 Å². The number of rotatable bonds is 1. The lowest BCUT2D eigenvalue weighted by atomic mass is 9.93. The van der Waals surface area contributed by atoms with Crippen LogP contribution in [0, 0.1) is 11.8 Å². The number of nitrogens with zero attached hydrogens (tertiary/aromatic N) is 3. The van der Waals surface area contributed by atoms with Crippen molar-refractivity contribution < 1.29 is 0 Å². The summed E-state index contributed by atoms with van der Waals surface area (Å²) in [6.45, 7) is 2.06. The number of aromatic nitrogens is 2. The zero-order chi connectivity index (χ0) is 10.3. The van der Waals surface area contributed by atoms with E-state index >= 15 is 0 Å². The molecule has 4 heteroatoms. The summed E-state index contributed by atoms with van der Waals surface area (Å²) >= 11 is 0. The molecule has 0 aromatic carbocycles. The minimum absolute atomic E-state index is 0.407. The Morgan fingerprint density at radius 1 is 1.13 bits per heavy atom. The van der Waals surface area contributed by atoms with Crippen LogP contribution in [0.2, 0.25) is 0 Å². The van der Waals surface area contributed by atoms with Crippen molar-refractivity contribution >= 4 is 5.95 Å². The Labute approximate surface area is 89.5 Å². The molecule has 4 nitrogen and oxygen atoms in total. The van der Waals surface area contributed by atoms with E-state index in [1.54, 1.807) is 12.4 Å². The predicted molar refractivity (Wildman–Crippen MR) is 58.4 cm³/mol. The number of piperidine rings is 1. The van der Waals surface area contributed by atoms with E-state index in [2.05, 4.69) is 14.9 Å². The zero-order valence-electron chi connectivity index (χ0n) is 8.71. The first-order valence-corrected chi connectivity index (χ1v) is 5.62. The highest BCUT2D eigenvalue weighted by atomic mass is 15.3. The van der Waals surface area contributed by atoms with E-state index in [0.717, 1.165) is 19.0 Å². The van der Waals surface area contributed by atoms with Crippen LogP contribution in [0.4, 0.5) is 5.95 Å². The van der Waals surface area contributed by atoms with E-state index in [9.17, 15) is 0 Å². The first kappa shape index (κ1) is 9.09. The molecule has 3 rings (SSSR count). The molecule has 80 valence electrons. The molecule has 2 N–H and O–H groups in total. The summed E-state index contributed by atoms with van der Waals surface area (Å²) in [7, 11) is 0. The van der Waals surface area contributed by atoms with E-state index in [1.807, 2.05) is 6.07 Å². The van der Waals surface area contributed by atoms with Crippen molar-refractivity contribution in [3.05, 3.63) is 18.5 Å². The molecule has 0 spiro atoms. The van der Waals surface area contributed by atoms with Gasteiger partial charge in [0.2, 0.25) is 5.95 Å². The van der Waals surface area contributed by atoms with Crippen LogP contribution >= 0.6 is 0 Å². The van der Waals surface area contributed by atoms with Gasteiger partial charge in [-0.25, -0.2) is 9.97 Å². The van der Waals surface area contributed by atoms with Gasteiger partial charge in [-0.2, -0.15) is 0 Å². The smallest absolute Gasteiger partial charge is 0.225 e. The number of fused-ring (bicyclic) bond motifs is 2. The highest BCUT2D eigenvalue weighted by Crippen LogP contribution is 2.36. The molecular formula is C11H16N4. The lowest BCUT2D eigenvalue weighted by Gasteiger charge is -2.36. The molecule has 2 fully saturated rings. The van der Waals surface area contributed by atoms with Gasteiger partial charge in [0.15, 0.2) is 0 Å². The lowest BCUT2D eigenvalue weighted by molar-refractivity contribution is 0.353. The number of nitrogens with two attached hydrogens (primary N) is 1. The number of hydrogen-bond acceptors (Lipinski definition) is 4. The molecule has 1 aromatic heterocycles. The van der Waals surface area contributed by atoms with Gasteiger partial charge in [0.1, 0.15) is 0 Å². The molecule has 0 amide bonds. The van der Waals surface area contributed by atoms with Gasteiger partial charge < -0.3 is 10.6 Å². The fraction of sp³-hybridized carbons (Fsp3) is 0.636. The summed E-state index contributed by atoms with van der Waals surface area (Å²) in [6.07, 6.45) is 6.15. The SMILES string of the molecule is NC1[C@@H]2CC[C@H]1CN(c1ncccn1)C2. The van der Waals surface area contributed by atoms with Crippen LogP contribution in [-0.2, 0) is 0 Å². The fourth-order valence-corrected chi connectivity index (χ4v) is 2.88. The lowest BCUT2D eigenvalue weighted by Crippen LogP contribution is -2.49. The molecule has 1 saturated heterocycles. The molecule has 2 aliphatic rings. The average Bonchev–Trinajstić information content (AvgIpc) is 2.54. The third kappa shape index (κ3) is 1.49. The Morgan fingerprint density at radius 3 is 2.33 bits per heavy atom. The maximum Gasteiger partial charge on any atom is 0.225 e. The molecule has 1 aliphatic carbocycles. The van der Waals surface area contributed by atoms with Crippen LogP contribution in [0.3, 0.4) is 0 Å². The minimum atomic E-state index is 0.407. The van der Waals surface area contributed by atoms with E-state index in [-0.39, 0.29) is 0 Å². The summed E-state index contributed by atoms with van der Waals surface area (Å²) in [5, 5.41) is 0. The van der Waals surface area contributed by atoms with E-state index in [4.69, 9.17) is 5.73 Å². The van der Waals surface area contributed by atoms with Crippen molar-refractivity contribution in [1.29, 1.82) is 0 Å². The van der Waals surface area contributed by atoms with Crippen LogP contribution in [0.15, 0.2) is 18.5 Å². The van der Waals surface area contributed by atoms with Crippen molar-refractivity contribution in [1.82, 2.24) is 9.97 Å². The van der Waals surface area contributed by atoms with Crippen molar-refractivity contribution in [3.8, 4) is 0 Å². The fourth-order valence-electron chi connectivity index (χ4n) is 2.88. The monoisotopic (exact) mass is 204 g/mol. The van der Waals surface area contributed by atoms with Crippen LogP contribution in [0.5, 0.6) is 0 Å². The zero-order valence-corrected chi connectivity index (χ0v) is 8.71. The van der Waals surface area contributed by atoms with Gasteiger partial charge in [0, 0.05) is 31.5 Å². The Balaban J connectivity index is 1.81. The van der Waals surface area contributed by atoms with Crippen molar-refractivity contribution in [2.24, 2.45) is 17.6 Å². The molecule has 1 aliphatic heterocycles. The van der Waals surface area contributed by atoms with Gasteiger partial charge in [0.25, 0.3) is 0 Å². The molecule has 3 atom stereocenters. The largest absolute Gasteiger partial charge is 0.340 e. The summed E-state index contributed by atoms with van der Waals surface area (Å²) in [5.41, 5.74) is 6.16. The van der Waals surface area contributed by atoms with Gasteiger partial charge in [-0.1, -0.05) is 0 Å². The summed E-state index contributed by atoms with van der Waals surface area (Å²) in [5.74, 6) is 2.15. The van der Waals surface area contributed by atoms with Crippen LogP contribution in [0.1, 0.15) is 12.8 Å². The van der Waals surface area contributed by atoms with Gasteiger partial charge in [-0.3, -0.25) is 0 Å². The molecule has 2 heterocycles. The minimum Gasteiger partial charge on any atom is -0.340 e. The molecule has 1 saturated carbocycles. The summed E-state index contributed by atoms with van der Waals surface area (Å²) in [4.78, 5) is 10.9. The average molecular weight is 204 g/mol. The molecule has 1 unspecified atom stereocenters. The van der Waals surface area contributed by atoms with Gasteiger partial charge in [-0.15, -0.1) is 0 Å². The van der Waals surface area contributed by atoms with E-state index in [0.29, 0.717) is 17.9 Å². The van der Waals surface area contributed by atoms with Gasteiger partial charge >= 0.3 is 0 Å². The second-order valence-corrected chi connectivity index (χ2v) is 4.63. The standard InChI is InChI=1S/C11H16N4/c12-10-8-2-3-9(10)7-15(6-8)11-13-4-1-5-14-11/h1,4-5,8-10H,2-3,6-7,12H2/t8-,9+,10?. The second kappa shape index (κ2) is 3.45. The third-order valence-electron chi connectivity index (χ3n) is 3.74. The molecule has 2 bridgehead atoms. The first-order valence-electron chi connectivity index (χ1n) is 5.62. The van der Waals surface area contributed by atoms with E-state index < -0.39 is 0 Å². The van der Waals surface area contributed by atoms with Gasteiger partial charge in [0.05, 0.1) is 0 Å². The van der Waals surface area contributed by atoms with Crippen molar-refractivity contribution in [3.63, 3.8) is 0 Å². The Morgan fingerprint density at radius 2 is 1.73 bits per heavy atom. The number of anilines is 1. The normalized spacial score (nSPS) is 34.5. The highest BCUT2D eigenvalue weighted by molar-refractivity contribution is 5.31. The van der Waals surface area contributed by atoms with Gasteiger partial charge in [-0.05, 0) is 30.7 Å². The Hall–Kier alpha value is -1.16. The van der Waals surface area contributed by atoms with Crippen molar-refractivity contribution in [2.75, 3.05) is 18.0 Å². The van der Waals surface area contributed by atoms with E-state index in [1.165, 1.54) is 12.8 Å². The summed E-state index contributed by atoms with van der Waals surface area (Å²) < 4.78 is 0. The molecule has 0 radical (unpaired) electrons. The third-order valence-corrected chi connectivity index (χ3v) is 3.74. The topological polar surface area (TPSA) is 55.0 Å². The number of hydrogen-bond donors (Lipinski definition) is 1. The predicted octanol–water partition coefficient (Wildman–Crippen LogP) is 0.650. The van der Waals surface area contributed by atoms with Crippen LogP contribution < -0.4 is 10.6 Å². The molecule has 15 heavy (non-hydrogen) atoms. The highest BCUT2D eigenvalue weighted by Gasteiger charge is 2.40. The molecule has 1 aromatic rings. The quantitative estimate of drug-likeness (QED) is 0.729. The second-order valence-electron chi connectivity index (χ2n) is 4.63. The Kier molecular flexibility index (Phi) is 2.09.